The minimum Gasteiger partial charge on any atom is -0.480 e. The average Bonchev–Trinajstić information content (AvgIpc) is 1.79. The van der Waals surface area contributed by atoms with Gasteiger partial charge >= 0.3 is 5.97 Å². The molecule has 0 radical (unpaired) electrons. The second-order valence-electron chi connectivity index (χ2n) is 3.07. The molecule has 4 heteroatoms. The van der Waals surface area contributed by atoms with Crippen LogP contribution >= 0.6 is 12.4 Å². The number of halogens is 1. The van der Waals surface area contributed by atoms with Crippen LogP contribution in [0.5, 0.6) is 0 Å². The van der Waals surface area contributed by atoms with E-state index in [4.69, 9.17) is 5.11 Å². The summed E-state index contributed by atoms with van der Waals surface area (Å²) in [6.07, 6.45) is 0. The van der Waals surface area contributed by atoms with Crippen molar-refractivity contribution in [2.75, 3.05) is 13.1 Å². The topological polar surface area (TPSA) is 40.5 Å². The lowest BCUT2D eigenvalue weighted by Gasteiger charge is -2.39. The summed E-state index contributed by atoms with van der Waals surface area (Å²) in [5, 5.41) is 8.56. The summed E-state index contributed by atoms with van der Waals surface area (Å²) in [6.45, 7) is 5.74. The lowest BCUT2D eigenvalue weighted by Crippen LogP contribution is -2.52. The maximum atomic E-state index is 10.4. The van der Waals surface area contributed by atoms with Crippen molar-refractivity contribution in [3.05, 3.63) is 0 Å². The SMILES string of the molecule is CC1CN(C(C)C(=O)O)C1.Cl. The maximum Gasteiger partial charge on any atom is 0.320 e. The predicted octanol–water partition coefficient (Wildman–Crippen LogP) is 0.833. The highest BCUT2D eigenvalue weighted by Crippen LogP contribution is 2.17. The Morgan fingerprint density at radius 1 is 1.64 bits per heavy atom. The van der Waals surface area contributed by atoms with Gasteiger partial charge in [-0.2, -0.15) is 0 Å². The molecule has 0 aromatic rings. The van der Waals surface area contributed by atoms with Crippen LogP contribution < -0.4 is 0 Å². The lowest BCUT2D eigenvalue weighted by molar-refractivity contribution is -0.145. The molecule has 1 fully saturated rings. The molecule has 66 valence electrons. The second-order valence-corrected chi connectivity index (χ2v) is 3.07. The van der Waals surface area contributed by atoms with E-state index in [1.807, 2.05) is 4.90 Å². The van der Waals surface area contributed by atoms with Crippen LogP contribution in [0, 0.1) is 5.92 Å². The van der Waals surface area contributed by atoms with Crippen molar-refractivity contribution in [1.29, 1.82) is 0 Å². The molecule has 0 saturated carbocycles. The van der Waals surface area contributed by atoms with Crippen LogP contribution in [0.15, 0.2) is 0 Å². The number of aliphatic carboxylic acids is 1. The first kappa shape index (κ1) is 10.7. The van der Waals surface area contributed by atoms with Crippen molar-refractivity contribution in [3.8, 4) is 0 Å². The molecular weight excluding hydrogens is 166 g/mol. The van der Waals surface area contributed by atoms with Gasteiger partial charge in [-0.25, -0.2) is 0 Å². The zero-order valence-corrected chi connectivity index (χ0v) is 7.60. The first-order valence-corrected chi connectivity index (χ1v) is 3.58. The van der Waals surface area contributed by atoms with Gasteiger partial charge in [0.15, 0.2) is 0 Å². The summed E-state index contributed by atoms with van der Waals surface area (Å²) in [4.78, 5) is 12.4. The second kappa shape index (κ2) is 3.93. The molecule has 3 nitrogen and oxygen atoms in total. The van der Waals surface area contributed by atoms with Crippen LogP contribution in [0.1, 0.15) is 13.8 Å². The molecule has 0 aromatic heterocycles. The van der Waals surface area contributed by atoms with E-state index in [9.17, 15) is 4.79 Å². The van der Waals surface area contributed by atoms with Crippen molar-refractivity contribution in [1.82, 2.24) is 4.90 Å². The van der Waals surface area contributed by atoms with Gasteiger partial charge in [0.1, 0.15) is 6.04 Å². The van der Waals surface area contributed by atoms with Crippen molar-refractivity contribution >= 4 is 18.4 Å². The number of nitrogens with zero attached hydrogens (tertiary/aromatic N) is 1. The zero-order chi connectivity index (χ0) is 7.72. The monoisotopic (exact) mass is 179 g/mol. The Bertz CT molecular complexity index is 145. The number of carboxylic acids is 1. The quantitative estimate of drug-likeness (QED) is 0.683. The molecule has 1 unspecified atom stereocenters. The number of likely N-dealkylation sites (tertiary alicyclic amines) is 1. The van der Waals surface area contributed by atoms with Gasteiger partial charge < -0.3 is 5.11 Å². The maximum absolute atomic E-state index is 10.4. The van der Waals surface area contributed by atoms with Gasteiger partial charge in [-0.3, -0.25) is 9.69 Å². The first-order valence-electron chi connectivity index (χ1n) is 3.58. The Morgan fingerprint density at radius 3 is 2.36 bits per heavy atom. The van der Waals surface area contributed by atoms with Crippen molar-refractivity contribution in [2.45, 2.75) is 19.9 Å². The number of hydrogen-bond acceptors (Lipinski definition) is 2. The molecule has 0 amide bonds. The van der Waals surface area contributed by atoms with Crippen LogP contribution in [0.3, 0.4) is 0 Å². The van der Waals surface area contributed by atoms with Crippen LogP contribution in [-0.4, -0.2) is 35.1 Å². The van der Waals surface area contributed by atoms with E-state index in [0.29, 0.717) is 5.92 Å². The standard InChI is InChI=1S/C7H13NO2.ClH/c1-5-3-8(4-5)6(2)7(9)10;/h5-6H,3-4H2,1-2H3,(H,9,10);1H. The largest absolute Gasteiger partial charge is 0.480 e. The van der Waals surface area contributed by atoms with Gasteiger partial charge in [-0.15, -0.1) is 12.4 Å². The van der Waals surface area contributed by atoms with Gasteiger partial charge in [0.05, 0.1) is 0 Å². The number of hydrogen-bond donors (Lipinski definition) is 1. The molecule has 1 aliphatic heterocycles. The van der Waals surface area contributed by atoms with E-state index in [2.05, 4.69) is 6.92 Å². The Morgan fingerprint density at radius 2 is 2.09 bits per heavy atom. The predicted molar refractivity (Wildman–Crippen MR) is 45.1 cm³/mol. The third-order valence-corrected chi connectivity index (χ3v) is 2.00. The van der Waals surface area contributed by atoms with E-state index in [0.717, 1.165) is 13.1 Å². The van der Waals surface area contributed by atoms with Crippen LogP contribution in [0.25, 0.3) is 0 Å². The van der Waals surface area contributed by atoms with E-state index in [1.54, 1.807) is 6.92 Å². The van der Waals surface area contributed by atoms with Crippen LogP contribution in [0.2, 0.25) is 0 Å². The lowest BCUT2D eigenvalue weighted by atomic mass is 10.0. The fourth-order valence-corrected chi connectivity index (χ4v) is 1.22. The number of carboxylic acid groups (broad SMARTS) is 1. The van der Waals surface area contributed by atoms with Crippen molar-refractivity contribution in [2.24, 2.45) is 5.92 Å². The minimum absolute atomic E-state index is 0. The average molecular weight is 180 g/mol. The minimum atomic E-state index is -0.716. The molecule has 1 rings (SSSR count). The van der Waals surface area contributed by atoms with E-state index < -0.39 is 5.97 Å². The van der Waals surface area contributed by atoms with Gasteiger partial charge in [0, 0.05) is 13.1 Å². The molecule has 0 aliphatic carbocycles. The third-order valence-electron chi connectivity index (χ3n) is 2.00. The molecule has 1 heterocycles. The van der Waals surface area contributed by atoms with Crippen molar-refractivity contribution < 1.29 is 9.90 Å². The molecule has 11 heavy (non-hydrogen) atoms. The smallest absolute Gasteiger partial charge is 0.320 e. The number of rotatable bonds is 2. The fourth-order valence-electron chi connectivity index (χ4n) is 1.22. The summed E-state index contributed by atoms with van der Waals surface area (Å²) in [6, 6.07) is -0.295. The zero-order valence-electron chi connectivity index (χ0n) is 6.78. The van der Waals surface area contributed by atoms with Crippen LogP contribution in [-0.2, 0) is 4.79 Å². The molecule has 1 aliphatic rings. The summed E-state index contributed by atoms with van der Waals surface area (Å²) < 4.78 is 0. The molecule has 1 saturated heterocycles. The number of carbonyl (C=O) groups is 1. The molecule has 0 spiro atoms. The van der Waals surface area contributed by atoms with Gasteiger partial charge in [-0.1, -0.05) is 6.92 Å². The Labute approximate surface area is 72.8 Å². The van der Waals surface area contributed by atoms with Gasteiger partial charge in [0.25, 0.3) is 0 Å². The summed E-state index contributed by atoms with van der Waals surface area (Å²) in [5.74, 6) is -0.0336. The Kier molecular flexibility index (Phi) is 3.83. The summed E-state index contributed by atoms with van der Waals surface area (Å²) in [5.41, 5.74) is 0. The normalized spacial score (nSPS) is 21.6. The molecule has 0 aromatic carbocycles. The molecule has 1 atom stereocenters. The van der Waals surface area contributed by atoms with Crippen LogP contribution in [0.4, 0.5) is 0 Å². The van der Waals surface area contributed by atoms with E-state index >= 15 is 0 Å². The highest BCUT2D eigenvalue weighted by Gasteiger charge is 2.30. The Balaban J connectivity index is 0.000001000. The van der Waals surface area contributed by atoms with E-state index in [-0.39, 0.29) is 18.4 Å². The highest BCUT2D eigenvalue weighted by atomic mass is 35.5. The summed E-state index contributed by atoms with van der Waals surface area (Å²) >= 11 is 0. The third kappa shape index (κ3) is 2.34. The summed E-state index contributed by atoms with van der Waals surface area (Å²) in [7, 11) is 0. The van der Waals surface area contributed by atoms with Crippen molar-refractivity contribution in [3.63, 3.8) is 0 Å². The molecular formula is C7H14ClNO2. The van der Waals surface area contributed by atoms with Gasteiger partial charge in [0.2, 0.25) is 0 Å². The molecule has 0 bridgehead atoms. The van der Waals surface area contributed by atoms with E-state index in [1.165, 1.54) is 0 Å². The fraction of sp³-hybridized carbons (Fsp3) is 0.857. The first-order chi connectivity index (χ1) is 4.61. The van der Waals surface area contributed by atoms with Gasteiger partial charge in [-0.05, 0) is 12.8 Å². The Hall–Kier alpha value is -0.280. The molecule has 1 N–H and O–H groups in total. The highest BCUT2D eigenvalue weighted by molar-refractivity contribution is 5.85.